The standard InChI is InChI=1S/C10H16N2O/c11-10-12-9(7-13-10)6-5-8-3-1-2-4-8/h7-8H,1-6H2,(H2,11,12). The zero-order chi connectivity index (χ0) is 9.10. The minimum absolute atomic E-state index is 0.293. The molecule has 0 atom stereocenters. The normalized spacial score (nSPS) is 18.2. The molecule has 0 aliphatic heterocycles. The lowest BCUT2D eigenvalue weighted by Gasteiger charge is -2.05. The van der Waals surface area contributed by atoms with Gasteiger partial charge in [0.1, 0.15) is 6.26 Å². The van der Waals surface area contributed by atoms with Gasteiger partial charge in [-0.2, -0.15) is 4.98 Å². The Bertz CT molecular complexity index is 264. The summed E-state index contributed by atoms with van der Waals surface area (Å²) in [7, 11) is 0. The highest BCUT2D eigenvalue weighted by Crippen LogP contribution is 2.28. The van der Waals surface area contributed by atoms with Crippen LogP contribution in [-0.4, -0.2) is 4.98 Å². The molecule has 0 bridgehead atoms. The fourth-order valence-corrected chi connectivity index (χ4v) is 2.09. The Morgan fingerprint density at radius 2 is 2.23 bits per heavy atom. The average Bonchev–Trinajstić information content (AvgIpc) is 2.71. The second-order valence-electron chi connectivity index (χ2n) is 3.87. The van der Waals surface area contributed by atoms with Gasteiger partial charge in [-0.25, -0.2) is 0 Å². The van der Waals surface area contributed by atoms with Crippen LogP contribution in [0, 0.1) is 5.92 Å². The summed E-state index contributed by atoms with van der Waals surface area (Å²) in [6.45, 7) is 0. The Kier molecular flexibility index (Phi) is 2.52. The fraction of sp³-hybridized carbons (Fsp3) is 0.700. The Hall–Kier alpha value is -0.990. The van der Waals surface area contributed by atoms with Crippen LogP contribution >= 0.6 is 0 Å². The molecule has 0 saturated heterocycles. The lowest BCUT2D eigenvalue weighted by atomic mass is 10.0. The molecule has 72 valence electrons. The van der Waals surface area contributed by atoms with Gasteiger partial charge in [-0.05, 0) is 18.8 Å². The molecule has 0 spiro atoms. The van der Waals surface area contributed by atoms with Gasteiger partial charge in [0.15, 0.2) is 0 Å². The number of nitrogen functional groups attached to an aromatic ring is 1. The monoisotopic (exact) mass is 180 g/mol. The van der Waals surface area contributed by atoms with Crippen molar-refractivity contribution in [1.29, 1.82) is 0 Å². The maximum atomic E-state index is 5.38. The summed E-state index contributed by atoms with van der Waals surface area (Å²) in [6.07, 6.45) is 9.54. The van der Waals surface area contributed by atoms with E-state index in [1.807, 2.05) is 0 Å². The number of nitrogens with two attached hydrogens (primary N) is 1. The van der Waals surface area contributed by atoms with Crippen molar-refractivity contribution in [3.63, 3.8) is 0 Å². The molecular formula is C10H16N2O. The van der Waals surface area contributed by atoms with Crippen LogP contribution in [0.5, 0.6) is 0 Å². The molecule has 1 fully saturated rings. The Balaban J connectivity index is 1.78. The lowest BCUT2D eigenvalue weighted by Crippen LogP contribution is -1.96. The average molecular weight is 180 g/mol. The predicted octanol–water partition coefficient (Wildman–Crippen LogP) is 2.38. The first-order valence-corrected chi connectivity index (χ1v) is 5.04. The van der Waals surface area contributed by atoms with Crippen molar-refractivity contribution in [2.75, 3.05) is 5.73 Å². The Morgan fingerprint density at radius 3 is 2.85 bits per heavy atom. The van der Waals surface area contributed by atoms with E-state index in [-0.39, 0.29) is 0 Å². The van der Waals surface area contributed by atoms with Crippen LogP contribution in [0.1, 0.15) is 37.8 Å². The molecule has 13 heavy (non-hydrogen) atoms. The summed E-state index contributed by atoms with van der Waals surface area (Å²) in [4.78, 5) is 4.08. The molecule has 2 rings (SSSR count). The van der Waals surface area contributed by atoms with E-state index >= 15 is 0 Å². The first-order chi connectivity index (χ1) is 6.34. The first kappa shape index (κ1) is 8.60. The molecule has 1 heterocycles. The topological polar surface area (TPSA) is 52.0 Å². The molecule has 2 N–H and O–H groups in total. The molecule has 1 aliphatic rings. The van der Waals surface area contributed by atoms with E-state index in [1.165, 1.54) is 32.1 Å². The molecule has 0 amide bonds. The van der Waals surface area contributed by atoms with Crippen LogP contribution in [0.25, 0.3) is 0 Å². The van der Waals surface area contributed by atoms with E-state index in [0.717, 1.165) is 18.0 Å². The van der Waals surface area contributed by atoms with E-state index < -0.39 is 0 Å². The number of oxazole rings is 1. The molecule has 0 aromatic carbocycles. The summed E-state index contributed by atoms with van der Waals surface area (Å²) in [5.41, 5.74) is 6.39. The number of rotatable bonds is 3. The van der Waals surface area contributed by atoms with E-state index in [1.54, 1.807) is 6.26 Å². The summed E-state index contributed by atoms with van der Waals surface area (Å²) in [6, 6.07) is 0.293. The van der Waals surface area contributed by atoms with Gasteiger partial charge in [0.05, 0.1) is 5.69 Å². The SMILES string of the molecule is Nc1nc(CCC2CCCC2)co1. The van der Waals surface area contributed by atoms with Gasteiger partial charge in [-0.3, -0.25) is 0 Å². The highest BCUT2D eigenvalue weighted by molar-refractivity contribution is 5.12. The molecular weight excluding hydrogens is 164 g/mol. The van der Waals surface area contributed by atoms with Gasteiger partial charge in [0.25, 0.3) is 6.01 Å². The predicted molar refractivity (Wildman–Crippen MR) is 51.2 cm³/mol. The third-order valence-electron chi connectivity index (χ3n) is 2.85. The van der Waals surface area contributed by atoms with Crippen molar-refractivity contribution < 1.29 is 4.42 Å². The molecule has 0 unspecified atom stereocenters. The number of hydrogen-bond donors (Lipinski definition) is 1. The molecule has 1 aliphatic carbocycles. The molecule has 3 nitrogen and oxygen atoms in total. The first-order valence-electron chi connectivity index (χ1n) is 5.04. The summed E-state index contributed by atoms with van der Waals surface area (Å²) >= 11 is 0. The van der Waals surface area contributed by atoms with Crippen LogP contribution in [0.4, 0.5) is 6.01 Å². The van der Waals surface area contributed by atoms with E-state index in [4.69, 9.17) is 10.2 Å². The van der Waals surface area contributed by atoms with Crippen molar-refractivity contribution >= 4 is 6.01 Å². The quantitative estimate of drug-likeness (QED) is 0.777. The fourth-order valence-electron chi connectivity index (χ4n) is 2.09. The van der Waals surface area contributed by atoms with Gasteiger partial charge < -0.3 is 10.2 Å². The van der Waals surface area contributed by atoms with Crippen LogP contribution in [0.15, 0.2) is 10.7 Å². The second-order valence-corrected chi connectivity index (χ2v) is 3.87. The summed E-state index contributed by atoms with van der Waals surface area (Å²) in [5.74, 6) is 0.915. The van der Waals surface area contributed by atoms with Gasteiger partial charge in [0, 0.05) is 0 Å². The van der Waals surface area contributed by atoms with Crippen LogP contribution in [-0.2, 0) is 6.42 Å². The van der Waals surface area contributed by atoms with Crippen molar-refractivity contribution in [3.05, 3.63) is 12.0 Å². The lowest BCUT2D eigenvalue weighted by molar-refractivity contribution is 0.499. The molecule has 3 heteroatoms. The largest absolute Gasteiger partial charge is 0.432 e. The van der Waals surface area contributed by atoms with Crippen molar-refractivity contribution in [1.82, 2.24) is 4.98 Å². The van der Waals surface area contributed by atoms with E-state index in [9.17, 15) is 0 Å². The summed E-state index contributed by atoms with van der Waals surface area (Å²) in [5, 5.41) is 0. The van der Waals surface area contributed by atoms with Gasteiger partial charge >= 0.3 is 0 Å². The van der Waals surface area contributed by atoms with E-state index in [2.05, 4.69) is 4.98 Å². The van der Waals surface area contributed by atoms with Crippen molar-refractivity contribution in [2.24, 2.45) is 5.92 Å². The Labute approximate surface area is 78.3 Å². The molecule has 1 aromatic rings. The van der Waals surface area contributed by atoms with Crippen molar-refractivity contribution in [2.45, 2.75) is 38.5 Å². The number of hydrogen-bond acceptors (Lipinski definition) is 3. The maximum Gasteiger partial charge on any atom is 0.292 e. The third kappa shape index (κ3) is 2.23. The van der Waals surface area contributed by atoms with E-state index in [0.29, 0.717) is 6.01 Å². The van der Waals surface area contributed by atoms with Gasteiger partial charge in [0.2, 0.25) is 0 Å². The molecule has 1 saturated carbocycles. The minimum Gasteiger partial charge on any atom is -0.432 e. The zero-order valence-electron chi connectivity index (χ0n) is 7.83. The van der Waals surface area contributed by atoms with Gasteiger partial charge in [-0.15, -0.1) is 0 Å². The smallest absolute Gasteiger partial charge is 0.292 e. The van der Waals surface area contributed by atoms with Crippen LogP contribution in [0.3, 0.4) is 0 Å². The minimum atomic E-state index is 0.293. The van der Waals surface area contributed by atoms with Gasteiger partial charge in [-0.1, -0.05) is 25.7 Å². The number of aryl methyl sites for hydroxylation is 1. The van der Waals surface area contributed by atoms with Crippen LogP contribution in [0.2, 0.25) is 0 Å². The number of anilines is 1. The van der Waals surface area contributed by atoms with Crippen LogP contribution < -0.4 is 5.73 Å². The molecule has 1 aromatic heterocycles. The Morgan fingerprint density at radius 1 is 1.46 bits per heavy atom. The molecule has 0 radical (unpaired) electrons. The third-order valence-corrected chi connectivity index (χ3v) is 2.85. The highest BCUT2D eigenvalue weighted by Gasteiger charge is 2.15. The summed E-state index contributed by atoms with van der Waals surface area (Å²) < 4.78 is 4.95. The number of nitrogens with zero attached hydrogens (tertiary/aromatic N) is 1. The second kappa shape index (κ2) is 3.81. The highest BCUT2D eigenvalue weighted by atomic mass is 16.4. The maximum absolute atomic E-state index is 5.38. The number of aromatic nitrogens is 1. The van der Waals surface area contributed by atoms with Crippen molar-refractivity contribution in [3.8, 4) is 0 Å². The zero-order valence-corrected chi connectivity index (χ0v) is 7.83.